The number of hydrogen-bond acceptors (Lipinski definition) is 9. The number of phenolic OH excluding ortho intramolecular Hbond substituents is 1. The van der Waals surface area contributed by atoms with Crippen LogP contribution >= 0.6 is 0 Å². The van der Waals surface area contributed by atoms with Crippen molar-refractivity contribution in [2.45, 2.75) is 31.0 Å². The van der Waals surface area contributed by atoms with E-state index in [-0.39, 0.29) is 11.3 Å². The number of carbonyl (C=O) groups is 3. The summed E-state index contributed by atoms with van der Waals surface area (Å²) >= 11 is 0. The third kappa shape index (κ3) is 2.86. The Morgan fingerprint density at radius 2 is 1.82 bits per heavy atom. The molecule has 3 aromatic rings. The van der Waals surface area contributed by atoms with Crippen molar-refractivity contribution < 1.29 is 44.3 Å². The molecule has 1 fully saturated rings. The maximum absolute atomic E-state index is 13.8. The molecule has 6 rings (SSSR count). The monoisotopic (exact) mass is 517 g/mol. The van der Waals surface area contributed by atoms with Crippen LogP contribution in [0, 0.1) is 11.8 Å². The first-order valence-corrected chi connectivity index (χ1v) is 12.0. The average molecular weight is 517 g/mol. The van der Waals surface area contributed by atoms with E-state index < -0.39 is 76.0 Å². The molecule has 194 valence electrons. The molecule has 1 amide bonds. The normalized spacial score (nSPS) is 28.8. The average Bonchev–Trinajstić information content (AvgIpc) is 3.30. The van der Waals surface area contributed by atoms with Gasteiger partial charge in [-0.1, -0.05) is 25.1 Å². The van der Waals surface area contributed by atoms with E-state index in [2.05, 4.69) is 0 Å². The zero-order valence-electron chi connectivity index (χ0n) is 20.0. The van der Waals surface area contributed by atoms with Crippen LogP contribution in [0.25, 0.3) is 28.1 Å². The molecule has 10 heteroatoms. The Morgan fingerprint density at radius 3 is 2.50 bits per heavy atom. The fourth-order valence-electron chi connectivity index (χ4n) is 6.41. The van der Waals surface area contributed by atoms with Crippen LogP contribution < -0.4 is 5.73 Å². The van der Waals surface area contributed by atoms with Gasteiger partial charge < -0.3 is 35.7 Å². The minimum Gasteiger partial charge on any atom is -0.508 e. The second kappa shape index (κ2) is 7.80. The van der Waals surface area contributed by atoms with E-state index in [9.17, 15) is 39.9 Å². The second-order valence-corrected chi connectivity index (χ2v) is 10.1. The molecular formula is C28H23NO9. The number of benzene rings is 2. The molecule has 2 aromatic carbocycles. The first-order chi connectivity index (χ1) is 18.0. The van der Waals surface area contributed by atoms with Crippen molar-refractivity contribution in [3.05, 3.63) is 70.5 Å². The van der Waals surface area contributed by atoms with E-state index in [1.165, 1.54) is 6.07 Å². The van der Waals surface area contributed by atoms with Gasteiger partial charge >= 0.3 is 0 Å². The predicted octanol–water partition coefficient (Wildman–Crippen LogP) is 2.37. The predicted molar refractivity (Wildman–Crippen MR) is 133 cm³/mol. The third-order valence-corrected chi connectivity index (χ3v) is 8.17. The Kier molecular flexibility index (Phi) is 4.91. The fraction of sp³-hybridized carbons (Fsp3) is 0.250. The summed E-state index contributed by atoms with van der Waals surface area (Å²) in [5, 5.41) is 56.5. The molecule has 5 atom stereocenters. The Morgan fingerprint density at radius 1 is 1.11 bits per heavy atom. The minimum absolute atomic E-state index is 0.0882. The van der Waals surface area contributed by atoms with E-state index in [1.54, 1.807) is 25.1 Å². The summed E-state index contributed by atoms with van der Waals surface area (Å²) in [6, 6.07) is 12.0. The number of para-hydroxylation sites is 1. The summed E-state index contributed by atoms with van der Waals surface area (Å²) in [5.41, 5.74) is 2.40. The van der Waals surface area contributed by atoms with Crippen molar-refractivity contribution in [2.75, 3.05) is 0 Å². The van der Waals surface area contributed by atoms with Gasteiger partial charge in [-0.2, -0.15) is 0 Å². The number of aromatic hydroxyl groups is 1. The van der Waals surface area contributed by atoms with Gasteiger partial charge in [-0.15, -0.1) is 0 Å². The Balaban J connectivity index is 1.61. The molecule has 3 aliphatic rings. The number of fused-ring (bicyclic) bond motifs is 4. The molecule has 1 aromatic heterocycles. The summed E-state index contributed by atoms with van der Waals surface area (Å²) in [5.74, 6) is -8.69. The van der Waals surface area contributed by atoms with Crippen LogP contribution in [0.4, 0.5) is 0 Å². The van der Waals surface area contributed by atoms with Crippen molar-refractivity contribution in [2.24, 2.45) is 17.6 Å². The van der Waals surface area contributed by atoms with Crippen LogP contribution in [0.1, 0.15) is 30.4 Å². The number of phenols is 1. The van der Waals surface area contributed by atoms with Crippen molar-refractivity contribution in [1.82, 2.24) is 0 Å². The highest BCUT2D eigenvalue weighted by Crippen LogP contribution is 2.57. The maximum atomic E-state index is 13.8. The van der Waals surface area contributed by atoms with Crippen molar-refractivity contribution in [3.63, 3.8) is 0 Å². The van der Waals surface area contributed by atoms with Gasteiger partial charge in [0.05, 0.1) is 11.7 Å². The number of hydrogen-bond donors (Lipinski definition) is 6. The molecule has 1 heterocycles. The molecule has 10 nitrogen and oxygen atoms in total. The number of aliphatic hydroxyl groups is 4. The summed E-state index contributed by atoms with van der Waals surface area (Å²) < 4.78 is 6.02. The highest BCUT2D eigenvalue weighted by atomic mass is 16.4. The van der Waals surface area contributed by atoms with Crippen LogP contribution in [0.15, 0.2) is 63.8 Å². The van der Waals surface area contributed by atoms with Gasteiger partial charge in [0.25, 0.3) is 5.91 Å². The highest BCUT2D eigenvalue weighted by molar-refractivity contribution is 6.23. The number of furan rings is 1. The van der Waals surface area contributed by atoms with Crippen molar-refractivity contribution >= 4 is 34.2 Å². The van der Waals surface area contributed by atoms with Crippen LogP contribution in [0.5, 0.6) is 5.75 Å². The molecule has 0 spiro atoms. The topological polar surface area (TPSA) is 192 Å². The number of nitrogens with two attached hydrogens (primary N) is 1. The summed E-state index contributed by atoms with van der Waals surface area (Å²) in [7, 11) is 0. The minimum atomic E-state index is -2.87. The Labute approximate surface area is 214 Å². The quantitative estimate of drug-likeness (QED) is 0.277. The molecule has 5 unspecified atom stereocenters. The third-order valence-electron chi connectivity index (χ3n) is 8.17. The lowest BCUT2D eigenvalue weighted by molar-refractivity contribution is -0.160. The van der Waals surface area contributed by atoms with Crippen molar-refractivity contribution in [3.8, 4) is 17.1 Å². The molecule has 0 saturated heterocycles. The number of aliphatic hydroxyl groups excluding tert-OH is 3. The molecule has 0 aliphatic heterocycles. The number of carbonyl (C=O) groups excluding carboxylic acids is 3. The molecule has 0 bridgehead atoms. The molecule has 38 heavy (non-hydrogen) atoms. The van der Waals surface area contributed by atoms with Crippen LogP contribution in [0.3, 0.4) is 0 Å². The molecule has 3 aliphatic carbocycles. The number of amides is 1. The van der Waals surface area contributed by atoms with Crippen molar-refractivity contribution in [1.29, 1.82) is 0 Å². The van der Waals surface area contributed by atoms with Crippen LogP contribution in [-0.2, 0) is 14.4 Å². The molecule has 1 saturated carbocycles. The lowest BCUT2D eigenvalue weighted by Crippen LogP contribution is -2.63. The second-order valence-electron chi connectivity index (χ2n) is 10.1. The first kappa shape index (κ1) is 24.0. The van der Waals surface area contributed by atoms with Gasteiger partial charge in [0, 0.05) is 34.8 Å². The standard InChI is InChI=1S/C28H23NO9/c1-10-18-12(17-8-11-4-2-3-5-16(11)38-17)6-7-14(30)20(18)24(33)22-19(10)23(32)13-9-15(31)21(27(29)36)25(34)28(13,37)26(22)35/h2-8,10,13,19,23,30,32-34,37H,9H2,1H3,(H2,29,36). The zero-order valence-corrected chi connectivity index (χ0v) is 20.0. The fourth-order valence-corrected chi connectivity index (χ4v) is 6.41. The first-order valence-electron chi connectivity index (χ1n) is 12.0. The van der Waals surface area contributed by atoms with E-state index in [0.717, 1.165) is 5.39 Å². The lowest BCUT2D eigenvalue weighted by atomic mass is 9.55. The molecule has 7 N–H and O–H groups in total. The van der Waals surface area contributed by atoms with Gasteiger partial charge in [0.1, 0.15) is 34.2 Å². The van der Waals surface area contributed by atoms with Crippen LogP contribution in [0.2, 0.25) is 0 Å². The zero-order chi connectivity index (χ0) is 27.3. The smallest absolute Gasteiger partial charge is 0.255 e. The van der Waals surface area contributed by atoms with E-state index in [0.29, 0.717) is 22.5 Å². The largest absolute Gasteiger partial charge is 0.508 e. The SMILES string of the molecule is CC1c2c(-c3cc4ccccc4o3)ccc(O)c2C(O)=C2C(=O)C3(O)C(O)=C(C(N)=O)C(=O)CC3C(O)C21. The molecular weight excluding hydrogens is 494 g/mol. The summed E-state index contributed by atoms with van der Waals surface area (Å²) in [6.07, 6.45) is -2.24. The maximum Gasteiger partial charge on any atom is 0.255 e. The van der Waals surface area contributed by atoms with Gasteiger partial charge in [-0.25, -0.2) is 0 Å². The summed E-state index contributed by atoms with van der Waals surface area (Å²) in [6.45, 7) is 1.68. The number of ketones is 2. The van der Waals surface area contributed by atoms with Gasteiger partial charge in [-0.3, -0.25) is 14.4 Å². The summed E-state index contributed by atoms with van der Waals surface area (Å²) in [4.78, 5) is 38.2. The number of rotatable bonds is 2. The van der Waals surface area contributed by atoms with E-state index in [4.69, 9.17) is 10.2 Å². The Bertz CT molecular complexity index is 1630. The molecule has 0 radical (unpaired) electrons. The van der Waals surface area contributed by atoms with Crippen LogP contribution in [-0.4, -0.2) is 54.7 Å². The van der Waals surface area contributed by atoms with Gasteiger partial charge in [0.15, 0.2) is 11.4 Å². The van der Waals surface area contributed by atoms with E-state index in [1.807, 2.05) is 18.2 Å². The Hall–Kier alpha value is -4.41. The van der Waals surface area contributed by atoms with Gasteiger partial charge in [-0.05, 0) is 35.7 Å². The highest BCUT2D eigenvalue weighted by Gasteiger charge is 2.65. The van der Waals surface area contributed by atoms with Gasteiger partial charge in [0.2, 0.25) is 5.78 Å². The number of primary amides is 1. The lowest BCUT2D eigenvalue weighted by Gasteiger charge is -2.50. The number of Topliss-reactive ketones (excluding diaryl/α,β-unsaturated/α-hetero) is 2. The van der Waals surface area contributed by atoms with E-state index >= 15 is 0 Å².